The average Bonchev–Trinajstić information content (AvgIpc) is 2.99. The molecule has 0 bridgehead atoms. The van der Waals surface area contributed by atoms with Crippen LogP contribution in [0.25, 0.3) is 0 Å². The molecule has 2 aromatic rings. The number of esters is 3. The second kappa shape index (κ2) is 18.2. The molecule has 0 aliphatic carbocycles. The summed E-state index contributed by atoms with van der Waals surface area (Å²) in [5.41, 5.74) is 1.05. The van der Waals surface area contributed by atoms with Crippen molar-refractivity contribution in [2.45, 2.75) is 81.3 Å². The van der Waals surface area contributed by atoms with Crippen LogP contribution in [0.4, 0.5) is 0 Å². The zero-order valence-electron chi connectivity index (χ0n) is 27.8. The van der Waals surface area contributed by atoms with Gasteiger partial charge in [-0.1, -0.05) is 90.8 Å². The molecule has 1 unspecified atom stereocenters. The number of carbonyl (C=O) groups excluding carboxylic acids is 4. The van der Waals surface area contributed by atoms with E-state index in [1.165, 1.54) is 11.6 Å². The first kappa shape index (κ1) is 40.0. The lowest BCUT2D eigenvalue weighted by Crippen LogP contribution is -2.43. The number of carbonyl (C=O) groups is 4. The van der Waals surface area contributed by atoms with Gasteiger partial charge in [-0.05, 0) is 50.8 Å². The Morgan fingerprint density at radius 2 is 1.49 bits per heavy atom. The van der Waals surface area contributed by atoms with E-state index in [1.54, 1.807) is 58.0 Å². The molecule has 0 N–H and O–H groups in total. The minimum atomic E-state index is -0.858. The second-order valence-electron chi connectivity index (χ2n) is 12.1. The highest BCUT2D eigenvalue weighted by molar-refractivity contribution is 9.09. The van der Waals surface area contributed by atoms with Crippen LogP contribution in [0.1, 0.15) is 85.5 Å². The standard InChI is InChI=1S/C31H39BrO8.C4H7Br/c1-9-27(34)40-26-17-23(38-29(36)31(7,8)30(5,6)18-32)16-25(20(26)4)39-24(14-15-33)21-10-12-22(13-11-21)37-28(35)19(2)3;1-4(2)3-5/h10-13,15-17,19,24H,9,14,18H2,1-8H3;1,3H2,2H3. The van der Waals surface area contributed by atoms with Crippen molar-refractivity contribution < 1.29 is 38.1 Å². The molecule has 0 fully saturated rings. The minimum absolute atomic E-state index is 0.0190. The third-order valence-electron chi connectivity index (χ3n) is 7.29. The summed E-state index contributed by atoms with van der Waals surface area (Å²) in [6.07, 6.45) is 0.189. The third kappa shape index (κ3) is 12.0. The second-order valence-corrected chi connectivity index (χ2v) is 13.3. The van der Waals surface area contributed by atoms with Gasteiger partial charge in [0.25, 0.3) is 0 Å². The van der Waals surface area contributed by atoms with Gasteiger partial charge in [-0.2, -0.15) is 0 Å². The van der Waals surface area contributed by atoms with E-state index < -0.39 is 28.9 Å². The first-order valence-electron chi connectivity index (χ1n) is 14.7. The van der Waals surface area contributed by atoms with Gasteiger partial charge in [0, 0.05) is 41.2 Å². The number of aldehydes is 1. The summed E-state index contributed by atoms with van der Waals surface area (Å²) in [7, 11) is 0. The molecule has 8 nitrogen and oxygen atoms in total. The number of benzene rings is 2. The normalized spacial score (nSPS) is 11.9. The Kier molecular flexibility index (Phi) is 16.2. The number of alkyl halides is 2. The summed E-state index contributed by atoms with van der Waals surface area (Å²) in [5, 5.41) is 1.50. The number of halogens is 2. The summed E-state index contributed by atoms with van der Waals surface area (Å²) in [4.78, 5) is 48.9. The van der Waals surface area contributed by atoms with E-state index in [9.17, 15) is 19.2 Å². The zero-order valence-corrected chi connectivity index (χ0v) is 30.9. The van der Waals surface area contributed by atoms with Gasteiger partial charge in [0.2, 0.25) is 0 Å². The van der Waals surface area contributed by atoms with Crippen molar-refractivity contribution in [2.24, 2.45) is 16.7 Å². The lowest BCUT2D eigenvalue weighted by Gasteiger charge is -2.38. The highest BCUT2D eigenvalue weighted by Crippen LogP contribution is 2.42. The summed E-state index contributed by atoms with van der Waals surface area (Å²) in [6, 6.07) is 9.70. The van der Waals surface area contributed by atoms with Gasteiger partial charge in [-0.25, -0.2) is 0 Å². The van der Waals surface area contributed by atoms with Crippen LogP contribution < -0.4 is 18.9 Å². The molecule has 45 heavy (non-hydrogen) atoms. The molecule has 2 aromatic carbocycles. The lowest BCUT2D eigenvalue weighted by molar-refractivity contribution is -0.149. The molecule has 0 aliphatic heterocycles. The molecule has 0 amide bonds. The van der Waals surface area contributed by atoms with E-state index in [2.05, 4.69) is 38.4 Å². The zero-order chi connectivity index (χ0) is 34.5. The van der Waals surface area contributed by atoms with Gasteiger partial charge >= 0.3 is 17.9 Å². The van der Waals surface area contributed by atoms with E-state index in [4.69, 9.17) is 18.9 Å². The highest BCUT2D eigenvalue weighted by Gasteiger charge is 2.44. The minimum Gasteiger partial charge on any atom is -0.485 e. The Morgan fingerprint density at radius 1 is 0.933 bits per heavy atom. The van der Waals surface area contributed by atoms with E-state index in [1.807, 2.05) is 34.6 Å². The molecule has 2 rings (SSSR count). The smallest absolute Gasteiger partial charge is 0.317 e. The van der Waals surface area contributed by atoms with Crippen molar-refractivity contribution in [1.82, 2.24) is 0 Å². The van der Waals surface area contributed by atoms with Gasteiger partial charge in [-0.3, -0.25) is 14.4 Å². The summed E-state index contributed by atoms with van der Waals surface area (Å²) in [5.74, 6) is -0.572. The van der Waals surface area contributed by atoms with Crippen LogP contribution in [0, 0.1) is 23.7 Å². The number of rotatable bonds is 14. The molecular formula is C35H46Br2O8. The van der Waals surface area contributed by atoms with Crippen LogP contribution in [0.2, 0.25) is 0 Å². The van der Waals surface area contributed by atoms with Crippen molar-refractivity contribution >= 4 is 56.1 Å². The molecule has 0 heterocycles. The van der Waals surface area contributed by atoms with Crippen molar-refractivity contribution in [3.05, 3.63) is 59.7 Å². The first-order chi connectivity index (χ1) is 20.9. The maximum atomic E-state index is 13.2. The van der Waals surface area contributed by atoms with Gasteiger partial charge in [0.1, 0.15) is 35.4 Å². The van der Waals surface area contributed by atoms with Crippen LogP contribution in [-0.4, -0.2) is 34.9 Å². The van der Waals surface area contributed by atoms with E-state index in [-0.39, 0.29) is 42.0 Å². The van der Waals surface area contributed by atoms with Gasteiger partial charge in [-0.15, -0.1) is 0 Å². The van der Waals surface area contributed by atoms with Crippen molar-refractivity contribution in [3.8, 4) is 23.0 Å². The van der Waals surface area contributed by atoms with Crippen LogP contribution in [0.5, 0.6) is 23.0 Å². The Balaban J connectivity index is 0.00000187. The molecule has 0 spiro atoms. The van der Waals surface area contributed by atoms with Crippen LogP contribution in [0.15, 0.2) is 48.6 Å². The van der Waals surface area contributed by atoms with Crippen LogP contribution >= 0.6 is 31.9 Å². The van der Waals surface area contributed by atoms with E-state index in [0.29, 0.717) is 22.2 Å². The highest BCUT2D eigenvalue weighted by atomic mass is 79.9. The van der Waals surface area contributed by atoms with E-state index >= 15 is 0 Å². The average molecular weight is 755 g/mol. The molecule has 0 aliphatic rings. The summed E-state index contributed by atoms with van der Waals surface area (Å²) < 4.78 is 22.9. The predicted molar refractivity (Wildman–Crippen MR) is 184 cm³/mol. The monoisotopic (exact) mass is 752 g/mol. The fourth-order valence-electron chi connectivity index (χ4n) is 3.28. The fourth-order valence-corrected chi connectivity index (χ4v) is 3.98. The van der Waals surface area contributed by atoms with Gasteiger partial charge in [0.15, 0.2) is 0 Å². The third-order valence-corrected chi connectivity index (χ3v) is 9.65. The maximum Gasteiger partial charge on any atom is 0.317 e. The quantitative estimate of drug-likeness (QED) is 0.0620. The fraction of sp³-hybridized carbons (Fsp3) is 0.486. The number of allylic oxidation sites excluding steroid dienone is 1. The predicted octanol–water partition coefficient (Wildman–Crippen LogP) is 8.89. The molecule has 0 saturated heterocycles. The number of ether oxygens (including phenoxy) is 4. The Morgan fingerprint density at radius 3 is 1.96 bits per heavy atom. The SMILES string of the molecule is C=C(C)CBr.CCC(=O)Oc1cc(OC(=O)C(C)(C)C(C)(C)CBr)cc(OC(CC=O)c2ccc(OC(=O)C(C)C)cc2)c1C. The van der Waals surface area contributed by atoms with Crippen LogP contribution in [0.3, 0.4) is 0 Å². The van der Waals surface area contributed by atoms with Crippen molar-refractivity contribution in [1.29, 1.82) is 0 Å². The summed E-state index contributed by atoms with van der Waals surface area (Å²) in [6.45, 7) is 20.0. The lowest BCUT2D eigenvalue weighted by atomic mass is 9.69. The topological polar surface area (TPSA) is 105 Å². The number of hydrogen-bond acceptors (Lipinski definition) is 8. The Hall–Kier alpha value is -2.98. The molecule has 10 heteroatoms. The van der Waals surface area contributed by atoms with Crippen molar-refractivity contribution in [3.63, 3.8) is 0 Å². The van der Waals surface area contributed by atoms with Gasteiger partial charge < -0.3 is 23.7 Å². The molecule has 0 aromatic heterocycles. The van der Waals surface area contributed by atoms with Crippen molar-refractivity contribution in [2.75, 3.05) is 10.7 Å². The maximum absolute atomic E-state index is 13.2. The summed E-state index contributed by atoms with van der Waals surface area (Å²) >= 11 is 6.69. The Bertz CT molecular complexity index is 1330. The molecule has 1 atom stereocenters. The van der Waals surface area contributed by atoms with Gasteiger partial charge in [0.05, 0.1) is 11.3 Å². The number of hydrogen-bond donors (Lipinski definition) is 0. The first-order valence-corrected chi connectivity index (χ1v) is 16.9. The molecular weight excluding hydrogens is 708 g/mol. The molecule has 248 valence electrons. The van der Waals surface area contributed by atoms with Crippen LogP contribution in [-0.2, 0) is 19.2 Å². The molecule has 0 radical (unpaired) electrons. The Labute approximate surface area is 284 Å². The molecule has 0 saturated carbocycles. The van der Waals surface area contributed by atoms with E-state index in [0.717, 1.165) is 11.6 Å². The largest absolute Gasteiger partial charge is 0.485 e.